The van der Waals surface area contributed by atoms with E-state index in [-0.39, 0.29) is 5.91 Å². The summed E-state index contributed by atoms with van der Waals surface area (Å²) in [6.45, 7) is 1.52. The largest absolute Gasteiger partial charge is 0.337 e. The molecule has 6 heteroatoms. The zero-order chi connectivity index (χ0) is 13.1. The summed E-state index contributed by atoms with van der Waals surface area (Å²) in [6.07, 6.45) is 7.11. The zero-order valence-electron chi connectivity index (χ0n) is 10.4. The van der Waals surface area contributed by atoms with Crippen LogP contribution in [0.2, 0.25) is 0 Å². The van der Waals surface area contributed by atoms with Crippen LogP contribution in [0, 0.1) is 0 Å². The van der Waals surface area contributed by atoms with Crippen LogP contribution >= 0.6 is 11.3 Å². The van der Waals surface area contributed by atoms with E-state index in [2.05, 4.69) is 15.0 Å². The molecule has 1 aliphatic rings. The first-order valence-corrected chi connectivity index (χ1v) is 7.22. The molecule has 0 saturated carbocycles. The SMILES string of the molecule is O=C(c1cscn1)N1CCC(c2cnccn2)CC1. The van der Waals surface area contributed by atoms with E-state index in [1.54, 1.807) is 23.3 Å². The highest BCUT2D eigenvalue weighted by atomic mass is 32.1. The first-order valence-electron chi connectivity index (χ1n) is 6.28. The summed E-state index contributed by atoms with van der Waals surface area (Å²) in [7, 11) is 0. The van der Waals surface area contributed by atoms with Gasteiger partial charge in [-0.3, -0.25) is 14.8 Å². The Kier molecular flexibility index (Phi) is 3.50. The quantitative estimate of drug-likeness (QED) is 0.840. The molecule has 0 spiro atoms. The fraction of sp³-hybridized carbons (Fsp3) is 0.385. The molecule has 0 bridgehead atoms. The van der Waals surface area contributed by atoms with Gasteiger partial charge >= 0.3 is 0 Å². The molecule has 19 heavy (non-hydrogen) atoms. The Balaban J connectivity index is 1.62. The Labute approximate surface area is 115 Å². The van der Waals surface area contributed by atoms with Gasteiger partial charge in [0.1, 0.15) is 5.69 Å². The Morgan fingerprint density at radius 2 is 2.11 bits per heavy atom. The maximum absolute atomic E-state index is 12.1. The highest BCUT2D eigenvalue weighted by molar-refractivity contribution is 7.07. The predicted molar refractivity (Wildman–Crippen MR) is 72.0 cm³/mol. The van der Waals surface area contributed by atoms with Gasteiger partial charge in [0.05, 0.1) is 11.2 Å². The third-order valence-corrected chi connectivity index (χ3v) is 4.02. The lowest BCUT2D eigenvalue weighted by molar-refractivity contribution is 0.0707. The highest BCUT2D eigenvalue weighted by Gasteiger charge is 2.25. The van der Waals surface area contributed by atoms with Crippen LogP contribution in [-0.4, -0.2) is 38.8 Å². The van der Waals surface area contributed by atoms with Crippen molar-refractivity contribution in [2.75, 3.05) is 13.1 Å². The number of likely N-dealkylation sites (tertiary alicyclic amines) is 1. The van der Waals surface area contributed by atoms with Gasteiger partial charge in [0.15, 0.2) is 0 Å². The fourth-order valence-electron chi connectivity index (χ4n) is 2.38. The number of hydrogen-bond acceptors (Lipinski definition) is 5. The van der Waals surface area contributed by atoms with Crippen LogP contribution in [0.4, 0.5) is 0 Å². The standard InChI is InChI=1S/C13H14N4OS/c18-13(12-8-19-9-16-12)17-5-1-10(2-6-17)11-7-14-3-4-15-11/h3-4,7-10H,1-2,5-6H2. The number of nitrogens with zero attached hydrogens (tertiary/aromatic N) is 4. The number of thiazole rings is 1. The lowest BCUT2D eigenvalue weighted by Gasteiger charge is -2.31. The minimum atomic E-state index is 0.0406. The molecule has 1 amide bonds. The molecule has 1 fully saturated rings. The van der Waals surface area contributed by atoms with Crippen LogP contribution in [0.3, 0.4) is 0 Å². The molecule has 2 aromatic heterocycles. The number of rotatable bonds is 2. The molecule has 0 radical (unpaired) electrons. The van der Waals surface area contributed by atoms with E-state index < -0.39 is 0 Å². The predicted octanol–water partition coefficient (Wildman–Crippen LogP) is 1.95. The molecule has 0 aromatic carbocycles. The van der Waals surface area contributed by atoms with Crippen molar-refractivity contribution in [1.82, 2.24) is 19.9 Å². The van der Waals surface area contributed by atoms with Crippen molar-refractivity contribution >= 4 is 17.2 Å². The number of hydrogen-bond donors (Lipinski definition) is 0. The van der Waals surface area contributed by atoms with E-state index in [9.17, 15) is 4.79 Å². The monoisotopic (exact) mass is 274 g/mol. The van der Waals surface area contributed by atoms with Gasteiger partial charge in [0, 0.05) is 43.0 Å². The second kappa shape index (κ2) is 5.44. The van der Waals surface area contributed by atoms with Crippen LogP contribution in [0.1, 0.15) is 34.9 Å². The van der Waals surface area contributed by atoms with E-state index in [0.29, 0.717) is 11.6 Å². The van der Waals surface area contributed by atoms with E-state index in [0.717, 1.165) is 31.6 Å². The average molecular weight is 274 g/mol. The van der Waals surface area contributed by atoms with Crippen molar-refractivity contribution in [1.29, 1.82) is 0 Å². The van der Waals surface area contributed by atoms with Crippen LogP contribution in [0.15, 0.2) is 29.5 Å². The Morgan fingerprint density at radius 1 is 1.26 bits per heavy atom. The molecule has 2 aromatic rings. The number of carbonyl (C=O) groups excluding carboxylic acids is 1. The molecule has 1 saturated heterocycles. The van der Waals surface area contributed by atoms with Crippen molar-refractivity contribution in [2.24, 2.45) is 0 Å². The molecule has 98 valence electrons. The number of amides is 1. The molecule has 0 N–H and O–H groups in total. The van der Waals surface area contributed by atoms with Crippen molar-refractivity contribution in [3.05, 3.63) is 40.9 Å². The minimum absolute atomic E-state index is 0.0406. The summed E-state index contributed by atoms with van der Waals surface area (Å²) in [6, 6.07) is 0. The molecule has 0 atom stereocenters. The summed E-state index contributed by atoms with van der Waals surface area (Å²) >= 11 is 1.45. The molecule has 3 heterocycles. The topological polar surface area (TPSA) is 59.0 Å². The fourth-order valence-corrected chi connectivity index (χ4v) is 2.91. The van der Waals surface area contributed by atoms with Gasteiger partial charge in [-0.2, -0.15) is 0 Å². The average Bonchev–Trinajstić information content (AvgIpc) is 3.02. The van der Waals surface area contributed by atoms with Crippen LogP contribution in [-0.2, 0) is 0 Å². The number of aromatic nitrogens is 3. The summed E-state index contributed by atoms with van der Waals surface area (Å²) < 4.78 is 0. The Morgan fingerprint density at radius 3 is 2.74 bits per heavy atom. The van der Waals surface area contributed by atoms with Crippen molar-refractivity contribution < 1.29 is 4.79 Å². The molecular formula is C13H14N4OS. The highest BCUT2D eigenvalue weighted by Crippen LogP contribution is 2.26. The minimum Gasteiger partial charge on any atom is -0.337 e. The van der Waals surface area contributed by atoms with Gasteiger partial charge in [0.25, 0.3) is 5.91 Å². The van der Waals surface area contributed by atoms with Crippen molar-refractivity contribution in [3.63, 3.8) is 0 Å². The van der Waals surface area contributed by atoms with Crippen LogP contribution < -0.4 is 0 Å². The van der Waals surface area contributed by atoms with Crippen molar-refractivity contribution in [3.8, 4) is 0 Å². The molecule has 1 aliphatic heterocycles. The summed E-state index contributed by atoms with van der Waals surface area (Å²) in [4.78, 5) is 26.5. The first kappa shape index (κ1) is 12.2. The van der Waals surface area contributed by atoms with E-state index in [1.807, 2.05) is 11.1 Å². The second-order valence-electron chi connectivity index (χ2n) is 4.57. The van der Waals surface area contributed by atoms with Gasteiger partial charge in [-0.1, -0.05) is 0 Å². The summed E-state index contributed by atoms with van der Waals surface area (Å²) in [5, 5.41) is 1.80. The third-order valence-electron chi connectivity index (χ3n) is 3.44. The molecule has 5 nitrogen and oxygen atoms in total. The first-order chi connectivity index (χ1) is 9.34. The van der Waals surface area contributed by atoms with Gasteiger partial charge in [-0.25, -0.2) is 4.98 Å². The van der Waals surface area contributed by atoms with Crippen molar-refractivity contribution in [2.45, 2.75) is 18.8 Å². The Bertz CT molecular complexity index is 535. The zero-order valence-corrected chi connectivity index (χ0v) is 11.2. The summed E-state index contributed by atoms with van der Waals surface area (Å²) in [5.41, 5.74) is 3.28. The van der Waals surface area contributed by atoms with Crippen LogP contribution in [0.5, 0.6) is 0 Å². The molecule has 0 unspecified atom stereocenters. The van der Waals surface area contributed by atoms with Gasteiger partial charge in [0.2, 0.25) is 0 Å². The van der Waals surface area contributed by atoms with Gasteiger partial charge in [-0.15, -0.1) is 11.3 Å². The van der Waals surface area contributed by atoms with Gasteiger partial charge in [-0.05, 0) is 12.8 Å². The second-order valence-corrected chi connectivity index (χ2v) is 5.29. The lowest BCUT2D eigenvalue weighted by atomic mass is 9.93. The van der Waals surface area contributed by atoms with Gasteiger partial charge < -0.3 is 4.90 Å². The molecular weight excluding hydrogens is 260 g/mol. The molecule has 0 aliphatic carbocycles. The van der Waals surface area contributed by atoms with E-state index >= 15 is 0 Å². The number of carbonyl (C=O) groups is 1. The molecule has 3 rings (SSSR count). The smallest absolute Gasteiger partial charge is 0.273 e. The third kappa shape index (κ3) is 2.63. The van der Waals surface area contributed by atoms with E-state index in [4.69, 9.17) is 0 Å². The Hall–Kier alpha value is -1.82. The van der Waals surface area contributed by atoms with Crippen LogP contribution in [0.25, 0.3) is 0 Å². The number of piperidine rings is 1. The maximum Gasteiger partial charge on any atom is 0.273 e. The maximum atomic E-state index is 12.1. The summed E-state index contributed by atoms with van der Waals surface area (Å²) in [5.74, 6) is 0.451. The lowest BCUT2D eigenvalue weighted by Crippen LogP contribution is -2.38. The normalized spacial score (nSPS) is 16.5. The van der Waals surface area contributed by atoms with E-state index in [1.165, 1.54) is 11.3 Å².